The van der Waals surface area contributed by atoms with Gasteiger partial charge in [-0.2, -0.15) is 0 Å². The third-order valence-electron chi connectivity index (χ3n) is 4.47. The van der Waals surface area contributed by atoms with Crippen molar-refractivity contribution in [3.8, 4) is 5.75 Å². The number of allylic oxidation sites excluding steroid dienone is 2. The molecule has 1 saturated heterocycles. The Kier molecular flexibility index (Phi) is 6.73. The van der Waals surface area contributed by atoms with Crippen molar-refractivity contribution in [3.63, 3.8) is 0 Å². The molecule has 0 aromatic heterocycles. The highest BCUT2D eigenvalue weighted by Crippen LogP contribution is 2.19. The van der Waals surface area contributed by atoms with E-state index in [0.29, 0.717) is 25.4 Å². The minimum Gasteiger partial charge on any atom is -0.493 e. The molecule has 146 valence electrons. The van der Waals surface area contributed by atoms with Crippen LogP contribution in [-0.4, -0.2) is 54.5 Å². The molecule has 1 aromatic rings. The summed E-state index contributed by atoms with van der Waals surface area (Å²) >= 11 is 0. The molecule has 2 N–H and O–H groups in total. The number of aliphatic hydroxyl groups excluding tert-OH is 1. The van der Waals surface area contributed by atoms with E-state index in [1.54, 1.807) is 29.2 Å². The number of carbonyl (C=O) groups is 1. The number of nitrogens with zero attached hydrogens (tertiary/aromatic N) is 1. The number of amides is 1. The predicted octanol–water partition coefficient (Wildman–Crippen LogP) is 1.54. The predicted molar refractivity (Wildman–Crippen MR) is 99.7 cm³/mol. The molecule has 2 aliphatic rings. The molecule has 1 aromatic carbocycles. The van der Waals surface area contributed by atoms with E-state index in [9.17, 15) is 4.79 Å². The summed E-state index contributed by atoms with van der Waals surface area (Å²) in [7, 11) is 0. The third-order valence-corrected chi connectivity index (χ3v) is 4.47. The molecule has 7 nitrogen and oxygen atoms in total. The van der Waals surface area contributed by atoms with E-state index in [4.69, 9.17) is 19.3 Å². The van der Waals surface area contributed by atoms with Crippen LogP contribution in [-0.2, 0) is 20.9 Å². The second kappa shape index (κ2) is 9.43. The lowest BCUT2D eigenvalue weighted by Crippen LogP contribution is -2.38. The molecule has 2 heterocycles. The molecule has 27 heavy (non-hydrogen) atoms. The number of hydrogen-bond acceptors (Lipinski definition) is 6. The molecule has 2 atom stereocenters. The Hall–Kier alpha value is -2.51. The Balaban J connectivity index is 1.45. The van der Waals surface area contributed by atoms with Gasteiger partial charge in [-0.25, -0.2) is 0 Å². The first kappa shape index (κ1) is 19.3. The van der Waals surface area contributed by atoms with Crippen molar-refractivity contribution in [3.05, 3.63) is 53.9 Å². The van der Waals surface area contributed by atoms with Crippen LogP contribution in [0.3, 0.4) is 0 Å². The zero-order chi connectivity index (χ0) is 19.1. The van der Waals surface area contributed by atoms with Gasteiger partial charge in [-0.3, -0.25) is 4.79 Å². The van der Waals surface area contributed by atoms with Gasteiger partial charge in [0, 0.05) is 13.1 Å². The molecule has 7 heteroatoms. The first-order valence-electron chi connectivity index (χ1n) is 9.21. The Morgan fingerprint density at radius 3 is 2.85 bits per heavy atom. The highest BCUT2D eigenvalue weighted by Gasteiger charge is 2.30. The SMILES string of the molecule is CCOC1=CC=CNC1OC1CCN(C(=O)COc2ccc(CO)cc2)C1. The molecular weight excluding hydrogens is 348 g/mol. The summed E-state index contributed by atoms with van der Waals surface area (Å²) in [5, 5.41) is 12.2. The van der Waals surface area contributed by atoms with Gasteiger partial charge in [0.25, 0.3) is 5.91 Å². The van der Waals surface area contributed by atoms with E-state index in [2.05, 4.69) is 5.32 Å². The van der Waals surface area contributed by atoms with Crippen molar-refractivity contribution in [2.75, 3.05) is 26.3 Å². The van der Waals surface area contributed by atoms with Crippen LogP contribution in [0.2, 0.25) is 0 Å². The molecule has 2 unspecified atom stereocenters. The zero-order valence-electron chi connectivity index (χ0n) is 15.5. The normalized spacial score (nSPS) is 21.6. The molecule has 0 bridgehead atoms. The highest BCUT2D eigenvalue weighted by molar-refractivity contribution is 5.78. The van der Waals surface area contributed by atoms with Crippen LogP contribution >= 0.6 is 0 Å². The second-order valence-electron chi connectivity index (χ2n) is 6.39. The van der Waals surface area contributed by atoms with E-state index in [-0.39, 0.29) is 31.5 Å². The topological polar surface area (TPSA) is 80.3 Å². The summed E-state index contributed by atoms with van der Waals surface area (Å²) in [6, 6.07) is 7.04. The standard InChI is InChI=1S/C20H26N2O5/c1-2-25-18-4-3-10-21-20(18)27-17-9-11-22(12-17)19(24)14-26-16-7-5-15(13-23)6-8-16/h3-8,10,17,20-21,23H,2,9,11-14H2,1H3. The van der Waals surface area contributed by atoms with Crippen molar-refractivity contribution >= 4 is 5.91 Å². The Morgan fingerprint density at radius 2 is 2.11 bits per heavy atom. The number of dihydropyridines is 1. The highest BCUT2D eigenvalue weighted by atomic mass is 16.6. The van der Waals surface area contributed by atoms with Crippen LogP contribution in [0.15, 0.2) is 48.4 Å². The molecule has 1 fully saturated rings. The fraction of sp³-hybridized carbons (Fsp3) is 0.450. The van der Waals surface area contributed by atoms with Gasteiger partial charge in [0.05, 0.1) is 19.3 Å². The summed E-state index contributed by atoms with van der Waals surface area (Å²) in [6.07, 6.45) is 5.99. The molecule has 2 aliphatic heterocycles. The van der Waals surface area contributed by atoms with Gasteiger partial charge in [-0.15, -0.1) is 0 Å². The first-order chi connectivity index (χ1) is 13.2. The summed E-state index contributed by atoms with van der Waals surface area (Å²) in [6.45, 7) is 3.66. The van der Waals surface area contributed by atoms with Crippen molar-refractivity contribution in [2.24, 2.45) is 0 Å². The van der Waals surface area contributed by atoms with Crippen LogP contribution < -0.4 is 10.1 Å². The molecule has 0 saturated carbocycles. The molecule has 1 amide bonds. The average Bonchev–Trinajstić information content (AvgIpc) is 3.17. The van der Waals surface area contributed by atoms with E-state index in [1.807, 2.05) is 25.3 Å². The summed E-state index contributed by atoms with van der Waals surface area (Å²) in [4.78, 5) is 14.1. The Morgan fingerprint density at radius 1 is 1.30 bits per heavy atom. The van der Waals surface area contributed by atoms with Gasteiger partial charge in [0.2, 0.25) is 0 Å². The second-order valence-corrected chi connectivity index (χ2v) is 6.39. The van der Waals surface area contributed by atoms with E-state index in [1.165, 1.54) is 0 Å². The summed E-state index contributed by atoms with van der Waals surface area (Å²) < 4.78 is 17.2. The fourth-order valence-corrected chi connectivity index (χ4v) is 3.04. The van der Waals surface area contributed by atoms with Crippen molar-refractivity contribution in [2.45, 2.75) is 32.3 Å². The maximum absolute atomic E-state index is 12.4. The van der Waals surface area contributed by atoms with Crippen molar-refractivity contribution in [1.82, 2.24) is 10.2 Å². The van der Waals surface area contributed by atoms with Gasteiger partial charge < -0.3 is 29.5 Å². The van der Waals surface area contributed by atoms with Crippen LogP contribution in [0.25, 0.3) is 0 Å². The molecule has 0 spiro atoms. The van der Waals surface area contributed by atoms with Gasteiger partial charge in [-0.05, 0) is 49.4 Å². The quantitative estimate of drug-likeness (QED) is 0.719. The minimum atomic E-state index is -0.323. The van der Waals surface area contributed by atoms with Gasteiger partial charge in [-0.1, -0.05) is 12.1 Å². The maximum atomic E-state index is 12.4. The van der Waals surface area contributed by atoms with Crippen LogP contribution in [0.4, 0.5) is 0 Å². The number of rotatable bonds is 8. The molecule has 0 aliphatic carbocycles. The van der Waals surface area contributed by atoms with E-state index in [0.717, 1.165) is 17.7 Å². The van der Waals surface area contributed by atoms with Crippen LogP contribution in [0, 0.1) is 0 Å². The number of benzene rings is 1. The number of ether oxygens (including phenoxy) is 3. The third kappa shape index (κ3) is 5.24. The largest absolute Gasteiger partial charge is 0.493 e. The molecule has 3 rings (SSSR count). The lowest BCUT2D eigenvalue weighted by Gasteiger charge is -2.26. The number of aliphatic hydroxyl groups is 1. The van der Waals surface area contributed by atoms with Gasteiger partial charge in [0.15, 0.2) is 12.8 Å². The summed E-state index contributed by atoms with van der Waals surface area (Å²) in [5.74, 6) is 1.29. The van der Waals surface area contributed by atoms with Crippen LogP contribution in [0.5, 0.6) is 5.75 Å². The smallest absolute Gasteiger partial charge is 0.260 e. The van der Waals surface area contributed by atoms with E-state index >= 15 is 0 Å². The van der Waals surface area contributed by atoms with Crippen molar-refractivity contribution < 1.29 is 24.1 Å². The first-order valence-corrected chi connectivity index (χ1v) is 9.21. The van der Waals surface area contributed by atoms with Crippen LogP contribution in [0.1, 0.15) is 18.9 Å². The van der Waals surface area contributed by atoms with E-state index < -0.39 is 0 Å². The molecular formula is C20H26N2O5. The van der Waals surface area contributed by atoms with Gasteiger partial charge >= 0.3 is 0 Å². The maximum Gasteiger partial charge on any atom is 0.260 e. The average molecular weight is 374 g/mol. The number of nitrogens with one attached hydrogen (secondary N) is 1. The zero-order valence-corrected chi connectivity index (χ0v) is 15.5. The molecule has 0 radical (unpaired) electrons. The number of hydrogen-bond donors (Lipinski definition) is 2. The fourth-order valence-electron chi connectivity index (χ4n) is 3.04. The van der Waals surface area contributed by atoms with Gasteiger partial charge in [0.1, 0.15) is 11.5 Å². The Labute approximate surface area is 159 Å². The van der Waals surface area contributed by atoms with Crippen molar-refractivity contribution in [1.29, 1.82) is 0 Å². The monoisotopic (exact) mass is 374 g/mol. The lowest BCUT2D eigenvalue weighted by atomic mass is 10.2. The minimum absolute atomic E-state index is 0.0137. The summed E-state index contributed by atoms with van der Waals surface area (Å²) in [5.41, 5.74) is 0.805. The number of carbonyl (C=O) groups excluding carboxylic acids is 1. The number of likely N-dealkylation sites (tertiary alicyclic amines) is 1. The Bertz CT molecular complexity index is 686. The lowest BCUT2D eigenvalue weighted by molar-refractivity contribution is -0.133.